The van der Waals surface area contributed by atoms with E-state index in [1.807, 2.05) is 166 Å². The summed E-state index contributed by atoms with van der Waals surface area (Å²) in [6, 6.07) is 46.4. The number of ether oxygens (including phenoxy) is 3. The maximum atomic E-state index is 6.07. The van der Waals surface area contributed by atoms with Gasteiger partial charge in [0.2, 0.25) is 0 Å². The van der Waals surface area contributed by atoms with Crippen LogP contribution in [0.4, 0.5) is 17.1 Å². The van der Waals surface area contributed by atoms with Crippen molar-refractivity contribution in [2.75, 3.05) is 0 Å². The topological polar surface area (TPSA) is 103 Å². The second-order valence-corrected chi connectivity index (χ2v) is 12.5. The standard InChI is InChI=1S/C45H36N6O3/c1-31-4-16-37(17-5-31)46-28-34-10-22-40(23-11-34)52-43-49-44(53-41-24-12-35(13-25-41)29-47-38-18-6-32(2)7-19-38)51-45(50-43)54-42-26-14-36(15-27-42)30-48-39-20-8-33(3)9-21-39/h4-30H,1-3H3. The predicted molar refractivity (Wildman–Crippen MR) is 215 cm³/mol. The van der Waals surface area contributed by atoms with Crippen LogP contribution in [0.5, 0.6) is 35.3 Å². The van der Waals surface area contributed by atoms with E-state index >= 15 is 0 Å². The minimum Gasteiger partial charge on any atom is -0.424 e. The van der Waals surface area contributed by atoms with E-state index in [9.17, 15) is 0 Å². The minimum absolute atomic E-state index is 0.000208. The van der Waals surface area contributed by atoms with Crippen LogP contribution in [0.2, 0.25) is 0 Å². The van der Waals surface area contributed by atoms with E-state index in [2.05, 4.69) is 29.9 Å². The fourth-order valence-electron chi connectivity index (χ4n) is 4.98. The van der Waals surface area contributed by atoms with Gasteiger partial charge in [-0.1, -0.05) is 53.1 Å². The third-order valence-electron chi connectivity index (χ3n) is 8.03. The number of aromatic nitrogens is 3. The molecule has 0 spiro atoms. The van der Waals surface area contributed by atoms with Gasteiger partial charge in [0.15, 0.2) is 0 Å². The summed E-state index contributed by atoms with van der Waals surface area (Å²) in [5.74, 6) is 1.54. The summed E-state index contributed by atoms with van der Waals surface area (Å²) >= 11 is 0. The average Bonchev–Trinajstić information content (AvgIpc) is 3.19. The van der Waals surface area contributed by atoms with Gasteiger partial charge in [0.25, 0.3) is 0 Å². The zero-order valence-corrected chi connectivity index (χ0v) is 30.0. The smallest absolute Gasteiger partial charge is 0.331 e. The van der Waals surface area contributed by atoms with Crippen molar-refractivity contribution in [3.63, 3.8) is 0 Å². The van der Waals surface area contributed by atoms with Crippen LogP contribution in [-0.4, -0.2) is 33.6 Å². The molecular weight excluding hydrogens is 673 g/mol. The third-order valence-corrected chi connectivity index (χ3v) is 8.03. The van der Waals surface area contributed by atoms with Crippen LogP contribution >= 0.6 is 0 Å². The molecule has 1 aromatic heterocycles. The van der Waals surface area contributed by atoms with Gasteiger partial charge in [-0.15, -0.1) is 15.0 Å². The van der Waals surface area contributed by atoms with E-state index in [-0.39, 0.29) is 18.0 Å². The lowest BCUT2D eigenvalue weighted by Gasteiger charge is -2.10. The molecule has 0 unspecified atom stereocenters. The van der Waals surface area contributed by atoms with Crippen LogP contribution in [0.15, 0.2) is 161 Å². The van der Waals surface area contributed by atoms with Crippen molar-refractivity contribution in [1.29, 1.82) is 0 Å². The van der Waals surface area contributed by atoms with E-state index in [1.54, 1.807) is 18.6 Å². The molecule has 0 aliphatic carbocycles. The molecular formula is C45H36N6O3. The minimum atomic E-state index is -0.000208. The summed E-state index contributed by atoms with van der Waals surface area (Å²) in [4.78, 5) is 27.0. The Bertz CT molecular complexity index is 2100. The quantitative estimate of drug-likeness (QED) is 0.117. The Labute approximate surface area is 314 Å². The first kappa shape index (κ1) is 35.2. The summed E-state index contributed by atoms with van der Waals surface area (Å²) in [6.45, 7) is 6.14. The number of nitrogens with zero attached hydrogens (tertiary/aromatic N) is 6. The molecule has 0 bridgehead atoms. The molecule has 0 saturated carbocycles. The molecule has 0 atom stereocenters. The molecule has 0 amide bonds. The molecule has 0 aliphatic rings. The summed E-state index contributed by atoms with van der Waals surface area (Å²) < 4.78 is 18.2. The molecule has 7 rings (SSSR count). The molecule has 9 nitrogen and oxygen atoms in total. The van der Waals surface area contributed by atoms with Crippen LogP contribution < -0.4 is 14.2 Å². The zero-order valence-electron chi connectivity index (χ0n) is 30.0. The Kier molecular flexibility index (Phi) is 11.0. The van der Waals surface area contributed by atoms with Crippen molar-refractivity contribution in [3.05, 3.63) is 179 Å². The van der Waals surface area contributed by atoms with Crippen LogP contribution in [-0.2, 0) is 0 Å². The van der Waals surface area contributed by atoms with Crippen LogP contribution in [0.3, 0.4) is 0 Å². The van der Waals surface area contributed by atoms with E-state index in [4.69, 9.17) is 14.2 Å². The highest BCUT2D eigenvalue weighted by Crippen LogP contribution is 2.28. The molecule has 54 heavy (non-hydrogen) atoms. The van der Waals surface area contributed by atoms with E-state index in [0.29, 0.717) is 17.2 Å². The van der Waals surface area contributed by atoms with Crippen LogP contribution in [0.1, 0.15) is 33.4 Å². The van der Waals surface area contributed by atoms with Crippen molar-refractivity contribution in [2.24, 2.45) is 15.0 Å². The van der Waals surface area contributed by atoms with Crippen molar-refractivity contribution in [2.45, 2.75) is 20.8 Å². The second kappa shape index (κ2) is 16.8. The Balaban J connectivity index is 1.08. The largest absolute Gasteiger partial charge is 0.424 e. The van der Waals surface area contributed by atoms with Gasteiger partial charge in [0.1, 0.15) is 17.2 Å². The van der Waals surface area contributed by atoms with Gasteiger partial charge in [0, 0.05) is 18.6 Å². The molecule has 1 heterocycles. The number of benzene rings is 6. The SMILES string of the molecule is Cc1ccc(N=Cc2ccc(Oc3nc(Oc4ccc(C=Nc5ccc(C)cc5)cc4)nc(Oc4ccc(C=Nc5ccc(C)cc5)cc4)n3)cc2)cc1. The first-order chi connectivity index (χ1) is 26.4. The lowest BCUT2D eigenvalue weighted by Crippen LogP contribution is -2.01. The fraction of sp³-hybridized carbons (Fsp3) is 0.0667. The third kappa shape index (κ3) is 10.2. The summed E-state index contributed by atoms with van der Waals surface area (Å²) in [6.07, 6.45) is 5.40. The summed E-state index contributed by atoms with van der Waals surface area (Å²) in [5.41, 5.74) is 8.91. The van der Waals surface area contributed by atoms with Gasteiger partial charge in [0.05, 0.1) is 17.1 Å². The number of hydrogen-bond acceptors (Lipinski definition) is 9. The van der Waals surface area contributed by atoms with Crippen LogP contribution in [0, 0.1) is 20.8 Å². The maximum absolute atomic E-state index is 6.07. The maximum Gasteiger partial charge on any atom is 0.331 e. The van der Waals surface area contributed by atoms with Gasteiger partial charge in [-0.05, 0) is 147 Å². The second-order valence-electron chi connectivity index (χ2n) is 12.5. The molecule has 0 radical (unpaired) electrons. The van der Waals surface area contributed by atoms with Gasteiger partial charge in [-0.2, -0.15) is 0 Å². The molecule has 0 aliphatic heterocycles. The van der Waals surface area contributed by atoms with E-state index in [1.165, 1.54) is 16.7 Å². The van der Waals surface area contributed by atoms with E-state index in [0.717, 1.165) is 33.8 Å². The molecule has 264 valence electrons. The van der Waals surface area contributed by atoms with Gasteiger partial charge < -0.3 is 14.2 Å². The number of aliphatic imine (C=N–C) groups is 3. The number of rotatable bonds is 12. The molecule has 0 N–H and O–H groups in total. The summed E-state index contributed by atoms with van der Waals surface area (Å²) in [7, 11) is 0. The van der Waals surface area contributed by atoms with Crippen LogP contribution in [0.25, 0.3) is 0 Å². The van der Waals surface area contributed by atoms with Gasteiger partial charge >= 0.3 is 18.0 Å². The van der Waals surface area contributed by atoms with Gasteiger partial charge in [-0.3, -0.25) is 15.0 Å². The van der Waals surface area contributed by atoms with E-state index < -0.39 is 0 Å². The predicted octanol–water partition coefficient (Wildman–Crippen LogP) is 11.4. The van der Waals surface area contributed by atoms with Crippen molar-refractivity contribution >= 4 is 35.7 Å². The Morgan fingerprint density at radius 3 is 0.815 bits per heavy atom. The first-order valence-corrected chi connectivity index (χ1v) is 17.3. The van der Waals surface area contributed by atoms with Crippen molar-refractivity contribution < 1.29 is 14.2 Å². The average molecular weight is 709 g/mol. The molecule has 7 aromatic rings. The Hall–Kier alpha value is -7.26. The number of aryl methyl sites for hydroxylation is 3. The van der Waals surface area contributed by atoms with Gasteiger partial charge in [-0.25, -0.2) is 0 Å². The fourth-order valence-corrected chi connectivity index (χ4v) is 4.98. The van der Waals surface area contributed by atoms with Crippen molar-refractivity contribution in [1.82, 2.24) is 15.0 Å². The normalized spacial score (nSPS) is 11.4. The highest BCUT2D eigenvalue weighted by atomic mass is 16.5. The molecule has 6 aromatic carbocycles. The van der Waals surface area contributed by atoms with Crippen molar-refractivity contribution in [3.8, 4) is 35.3 Å². The highest BCUT2D eigenvalue weighted by Gasteiger charge is 2.13. The monoisotopic (exact) mass is 708 g/mol. The Morgan fingerprint density at radius 1 is 0.333 bits per heavy atom. The Morgan fingerprint density at radius 2 is 0.574 bits per heavy atom. The lowest BCUT2D eigenvalue weighted by molar-refractivity contribution is 0.362. The molecule has 0 fully saturated rings. The molecule has 0 saturated heterocycles. The zero-order chi connectivity index (χ0) is 37.1. The number of hydrogen-bond donors (Lipinski definition) is 0. The lowest BCUT2D eigenvalue weighted by atomic mass is 10.2. The first-order valence-electron chi connectivity index (χ1n) is 17.3. The molecule has 9 heteroatoms. The highest BCUT2D eigenvalue weighted by molar-refractivity contribution is 5.83. The summed E-state index contributed by atoms with van der Waals surface area (Å²) in [5, 5.41) is 0.